The topological polar surface area (TPSA) is 50.5 Å². The largest absolute Gasteiger partial charge is 0.300 e. The van der Waals surface area contributed by atoms with E-state index in [1.165, 1.54) is 0 Å². The molecule has 2 aromatic heterocycles. The van der Waals surface area contributed by atoms with Gasteiger partial charge in [0.15, 0.2) is 11.5 Å². The van der Waals surface area contributed by atoms with Crippen LogP contribution >= 0.6 is 0 Å². The van der Waals surface area contributed by atoms with Gasteiger partial charge in [-0.25, -0.2) is 9.50 Å². The van der Waals surface area contributed by atoms with Gasteiger partial charge in [0.2, 0.25) is 0 Å². The predicted octanol–water partition coefficient (Wildman–Crippen LogP) is 1.74. The zero-order chi connectivity index (χ0) is 13.4. The summed E-state index contributed by atoms with van der Waals surface area (Å²) in [5.41, 5.74) is 1.39. The van der Waals surface area contributed by atoms with Crippen LogP contribution < -0.4 is 0 Å². The Hall–Kier alpha value is -1.75. The van der Waals surface area contributed by atoms with Crippen molar-refractivity contribution in [2.75, 3.05) is 13.1 Å². The molecule has 0 aliphatic carbocycles. The maximum Gasteiger partial charge on any atom is 0.156 e. The molecule has 0 radical (unpaired) electrons. The molecule has 1 aliphatic rings. The summed E-state index contributed by atoms with van der Waals surface area (Å²) in [5.74, 6) is 1.30. The Morgan fingerprint density at radius 2 is 2.32 bits per heavy atom. The van der Waals surface area contributed by atoms with Crippen molar-refractivity contribution in [3.63, 3.8) is 0 Å². The number of aromatic nitrogens is 3. The lowest BCUT2D eigenvalue weighted by Gasteiger charge is -2.19. The number of likely N-dealkylation sites (tertiary alicyclic amines) is 1. The summed E-state index contributed by atoms with van der Waals surface area (Å²) < 4.78 is 1.75. The molecule has 0 saturated carbocycles. The quantitative estimate of drug-likeness (QED) is 0.787. The third kappa shape index (κ3) is 2.26. The molecular formula is C14H18N4O. The molecule has 1 saturated heterocycles. The number of carbonyl (C=O) groups is 1. The summed E-state index contributed by atoms with van der Waals surface area (Å²) in [6.45, 7) is 6.57. The highest BCUT2D eigenvalue weighted by Crippen LogP contribution is 2.26. The van der Waals surface area contributed by atoms with Gasteiger partial charge in [0.1, 0.15) is 6.29 Å². The van der Waals surface area contributed by atoms with Crippen LogP contribution in [0, 0.1) is 0 Å². The summed E-state index contributed by atoms with van der Waals surface area (Å²) in [6.07, 6.45) is 3.74. The Morgan fingerprint density at radius 3 is 3.00 bits per heavy atom. The molecular weight excluding hydrogens is 240 g/mol. The third-order valence-corrected chi connectivity index (χ3v) is 3.83. The zero-order valence-corrected chi connectivity index (χ0v) is 11.3. The van der Waals surface area contributed by atoms with Crippen LogP contribution in [0.4, 0.5) is 0 Å². The Balaban J connectivity index is 1.88. The van der Waals surface area contributed by atoms with Crippen LogP contribution in [0.5, 0.6) is 0 Å². The van der Waals surface area contributed by atoms with Crippen molar-refractivity contribution in [1.29, 1.82) is 0 Å². The molecule has 0 spiro atoms. The lowest BCUT2D eigenvalue weighted by Crippen LogP contribution is -2.28. The molecule has 3 rings (SSSR count). The van der Waals surface area contributed by atoms with Gasteiger partial charge in [-0.1, -0.05) is 0 Å². The fraction of sp³-hybridized carbons (Fsp3) is 0.500. The summed E-state index contributed by atoms with van der Waals surface area (Å²) in [6, 6.07) is 4.11. The molecule has 0 aromatic carbocycles. The van der Waals surface area contributed by atoms with Crippen LogP contribution in [0.3, 0.4) is 0 Å². The van der Waals surface area contributed by atoms with E-state index in [0.717, 1.165) is 37.3 Å². The number of pyridine rings is 1. The van der Waals surface area contributed by atoms with Crippen LogP contribution in [0.15, 0.2) is 18.3 Å². The van der Waals surface area contributed by atoms with Gasteiger partial charge in [-0.15, -0.1) is 0 Å². The van der Waals surface area contributed by atoms with Crippen LogP contribution in [-0.4, -0.2) is 44.9 Å². The standard InChI is InChI=1S/C14H18N4O/c1-10(2)17-5-4-12(8-17)14-15-13-7-11(9-19)3-6-18(13)16-14/h3,6-7,9-10,12H,4-5,8H2,1-2H3. The Morgan fingerprint density at radius 1 is 1.47 bits per heavy atom. The minimum Gasteiger partial charge on any atom is -0.300 e. The maximum absolute atomic E-state index is 10.8. The van der Waals surface area contributed by atoms with Gasteiger partial charge in [0.05, 0.1) is 0 Å². The smallest absolute Gasteiger partial charge is 0.156 e. The molecule has 5 nitrogen and oxygen atoms in total. The van der Waals surface area contributed by atoms with Gasteiger partial charge < -0.3 is 4.90 Å². The van der Waals surface area contributed by atoms with Crippen molar-refractivity contribution in [2.45, 2.75) is 32.2 Å². The van der Waals surface area contributed by atoms with E-state index in [1.807, 2.05) is 0 Å². The van der Waals surface area contributed by atoms with Crippen molar-refractivity contribution in [2.24, 2.45) is 0 Å². The van der Waals surface area contributed by atoms with E-state index in [2.05, 4.69) is 28.8 Å². The predicted molar refractivity (Wildman–Crippen MR) is 72.4 cm³/mol. The Bertz CT molecular complexity index is 605. The van der Waals surface area contributed by atoms with Crippen molar-refractivity contribution >= 4 is 11.9 Å². The minimum absolute atomic E-state index is 0.405. The molecule has 5 heteroatoms. The molecule has 0 N–H and O–H groups in total. The second-order valence-electron chi connectivity index (χ2n) is 5.42. The van der Waals surface area contributed by atoms with E-state index < -0.39 is 0 Å². The molecule has 1 atom stereocenters. The van der Waals surface area contributed by atoms with E-state index in [0.29, 0.717) is 17.5 Å². The molecule has 2 aromatic rings. The van der Waals surface area contributed by atoms with Crippen molar-refractivity contribution < 1.29 is 4.79 Å². The summed E-state index contributed by atoms with van der Waals surface area (Å²) in [7, 11) is 0. The molecule has 100 valence electrons. The number of rotatable bonds is 3. The van der Waals surface area contributed by atoms with E-state index in [9.17, 15) is 4.79 Å². The first kappa shape index (κ1) is 12.3. The third-order valence-electron chi connectivity index (χ3n) is 3.83. The molecule has 19 heavy (non-hydrogen) atoms. The second kappa shape index (κ2) is 4.74. The number of aldehydes is 1. The van der Waals surface area contributed by atoms with E-state index >= 15 is 0 Å². The van der Waals surface area contributed by atoms with Gasteiger partial charge in [0, 0.05) is 30.3 Å². The maximum atomic E-state index is 10.8. The van der Waals surface area contributed by atoms with E-state index in [-0.39, 0.29) is 0 Å². The second-order valence-corrected chi connectivity index (χ2v) is 5.42. The molecule has 1 unspecified atom stereocenters. The zero-order valence-electron chi connectivity index (χ0n) is 11.3. The normalized spacial score (nSPS) is 20.5. The van der Waals surface area contributed by atoms with Crippen molar-refractivity contribution in [3.8, 4) is 0 Å². The highest BCUT2D eigenvalue weighted by Gasteiger charge is 2.28. The van der Waals surface area contributed by atoms with Crippen LogP contribution in [0.2, 0.25) is 0 Å². The van der Waals surface area contributed by atoms with Crippen molar-refractivity contribution in [1.82, 2.24) is 19.5 Å². The summed E-state index contributed by atoms with van der Waals surface area (Å²) in [4.78, 5) is 17.8. The molecule has 1 aliphatic heterocycles. The number of hydrogen-bond acceptors (Lipinski definition) is 4. The molecule has 3 heterocycles. The summed E-state index contributed by atoms with van der Waals surface area (Å²) in [5, 5.41) is 4.53. The first-order valence-electron chi connectivity index (χ1n) is 6.73. The number of nitrogens with zero attached hydrogens (tertiary/aromatic N) is 4. The fourth-order valence-electron chi connectivity index (χ4n) is 2.63. The fourth-order valence-corrected chi connectivity index (χ4v) is 2.63. The van der Waals surface area contributed by atoms with Gasteiger partial charge in [0.25, 0.3) is 0 Å². The Labute approximate surface area is 112 Å². The lowest BCUT2D eigenvalue weighted by atomic mass is 10.1. The monoisotopic (exact) mass is 258 g/mol. The highest BCUT2D eigenvalue weighted by molar-refractivity contribution is 5.76. The number of hydrogen-bond donors (Lipinski definition) is 0. The number of carbonyl (C=O) groups excluding carboxylic acids is 1. The Kier molecular flexibility index (Phi) is 3.06. The van der Waals surface area contributed by atoms with E-state index in [1.54, 1.807) is 22.8 Å². The van der Waals surface area contributed by atoms with Crippen LogP contribution in [-0.2, 0) is 0 Å². The van der Waals surface area contributed by atoms with Crippen LogP contribution in [0.25, 0.3) is 5.65 Å². The summed E-state index contributed by atoms with van der Waals surface area (Å²) >= 11 is 0. The van der Waals surface area contributed by atoms with E-state index in [4.69, 9.17) is 0 Å². The molecule has 0 bridgehead atoms. The van der Waals surface area contributed by atoms with Gasteiger partial charge in [-0.3, -0.25) is 4.79 Å². The lowest BCUT2D eigenvalue weighted by molar-refractivity contribution is 0.112. The van der Waals surface area contributed by atoms with Crippen LogP contribution in [0.1, 0.15) is 42.4 Å². The molecule has 0 amide bonds. The van der Waals surface area contributed by atoms with Gasteiger partial charge in [-0.05, 0) is 38.9 Å². The van der Waals surface area contributed by atoms with Gasteiger partial charge in [-0.2, -0.15) is 5.10 Å². The van der Waals surface area contributed by atoms with Gasteiger partial charge >= 0.3 is 0 Å². The minimum atomic E-state index is 0.405. The first-order valence-corrected chi connectivity index (χ1v) is 6.73. The molecule has 1 fully saturated rings. The number of fused-ring (bicyclic) bond motifs is 1. The first-order chi connectivity index (χ1) is 9.17. The average Bonchev–Trinajstić information content (AvgIpc) is 3.04. The average molecular weight is 258 g/mol. The highest BCUT2D eigenvalue weighted by atomic mass is 16.1. The van der Waals surface area contributed by atoms with Crippen molar-refractivity contribution in [3.05, 3.63) is 29.7 Å². The SMILES string of the molecule is CC(C)N1CCC(c2nc3cc(C=O)ccn3n2)C1.